The molecule has 2 unspecified atom stereocenters. The predicted octanol–water partition coefficient (Wildman–Crippen LogP) is 3.56. The van der Waals surface area contributed by atoms with E-state index < -0.39 is 34.1 Å². The van der Waals surface area contributed by atoms with Crippen LogP contribution in [0.25, 0.3) is 0 Å². The number of carbonyl (C=O) groups excluding carboxylic acids is 1. The van der Waals surface area contributed by atoms with Crippen LogP contribution in [0.3, 0.4) is 0 Å². The van der Waals surface area contributed by atoms with E-state index in [2.05, 4.69) is 10.0 Å². The third kappa shape index (κ3) is 4.38. The van der Waals surface area contributed by atoms with Gasteiger partial charge in [0.05, 0.1) is 5.54 Å². The van der Waals surface area contributed by atoms with E-state index in [0.717, 1.165) is 17.7 Å². The Balaban J connectivity index is 1.60. The summed E-state index contributed by atoms with van der Waals surface area (Å²) in [6.45, 7) is 2.08. The zero-order valence-electron chi connectivity index (χ0n) is 16.9. The minimum Gasteiger partial charge on any atom is -0.488 e. The van der Waals surface area contributed by atoms with E-state index in [0.29, 0.717) is 11.3 Å². The maximum absolute atomic E-state index is 13.5. The molecule has 31 heavy (non-hydrogen) atoms. The number of carbonyl (C=O) groups is 1. The van der Waals surface area contributed by atoms with Crippen LogP contribution in [-0.4, -0.2) is 26.8 Å². The second-order valence-corrected chi connectivity index (χ2v) is 8.93. The Bertz CT molecular complexity index is 1170. The minimum absolute atomic E-state index is 0.0978. The van der Waals surface area contributed by atoms with Crippen LogP contribution in [0.5, 0.6) is 5.75 Å². The summed E-state index contributed by atoms with van der Waals surface area (Å²) in [4.78, 5) is 13.2. The van der Waals surface area contributed by atoms with E-state index in [1.165, 1.54) is 10.6 Å². The maximum Gasteiger partial charge on any atom is 0.276 e. The van der Waals surface area contributed by atoms with Crippen LogP contribution in [0.15, 0.2) is 59.6 Å². The summed E-state index contributed by atoms with van der Waals surface area (Å²) < 4.78 is 50.3. The van der Waals surface area contributed by atoms with Crippen LogP contribution < -0.4 is 14.8 Å². The molecule has 2 aromatic carbocycles. The van der Waals surface area contributed by atoms with Gasteiger partial charge in [-0.05, 0) is 31.0 Å². The minimum atomic E-state index is -1.62. The summed E-state index contributed by atoms with van der Waals surface area (Å²) in [5.41, 5.74) is 0.658. The van der Waals surface area contributed by atoms with Crippen LogP contribution >= 0.6 is 0 Å². The Morgan fingerprint density at radius 3 is 2.68 bits per heavy atom. The van der Waals surface area contributed by atoms with Gasteiger partial charge in [-0.25, -0.2) is 17.7 Å². The lowest BCUT2D eigenvalue weighted by Gasteiger charge is -2.27. The molecule has 6 nitrogen and oxygen atoms in total. The molecule has 1 aliphatic rings. The number of aryl methyl sites for hydroxylation is 1. The first-order valence-corrected chi connectivity index (χ1v) is 10.7. The first kappa shape index (κ1) is 21.2. The van der Waals surface area contributed by atoms with Crippen LogP contribution in [0.4, 0.5) is 14.5 Å². The lowest BCUT2D eigenvalue weighted by atomic mass is 9.95. The Morgan fingerprint density at radius 2 is 1.97 bits per heavy atom. The molecule has 1 aromatic heterocycles. The molecule has 9 heteroatoms. The SMILES string of the molecule is Cn1cc2c(c1C(=O)Nc1ccc(F)c(F)c1)OCC(C)(Cc1ccccc1)NS2=O. The molecule has 0 fully saturated rings. The smallest absolute Gasteiger partial charge is 0.276 e. The van der Waals surface area contributed by atoms with Crippen LogP contribution in [0.2, 0.25) is 0 Å². The van der Waals surface area contributed by atoms with E-state index in [4.69, 9.17) is 4.74 Å². The van der Waals surface area contributed by atoms with Crippen molar-refractivity contribution in [2.75, 3.05) is 11.9 Å². The Morgan fingerprint density at radius 1 is 1.23 bits per heavy atom. The van der Waals surface area contributed by atoms with Gasteiger partial charge in [0, 0.05) is 25.0 Å². The maximum atomic E-state index is 13.5. The fourth-order valence-corrected chi connectivity index (χ4v) is 4.81. The summed E-state index contributed by atoms with van der Waals surface area (Å²) >= 11 is 0. The number of fused-ring (bicyclic) bond motifs is 1. The zero-order valence-corrected chi connectivity index (χ0v) is 17.8. The van der Waals surface area contributed by atoms with Gasteiger partial charge in [-0.15, -0.1) is 0 Å². The summed E-state index contributed by atoms with van der Waals surface area (Å²) in [5.74, 6) is -2.46. The average molecular weight is 445 g/mol. The van der Waals surface area contributed by atoms with Gasteiger partial charge < -0.3 is 14.6 Å². The Hall–Kier alpha value is -3.04. The van der Waals surface area contributed by atoms with Gasteiger partial charge in [0.2, 0.25) is 0 Å². The number of hydrogen-bond donors (Lipinski definition) is 2. The van der Waals surface area contributed by atoms with Crippen molar-refractivity contribution in [1.82, 2.24) is 9.29 Å². The number of aromatic nitrogens is 1. The van der Waals surface area contributed by atoms with E-state index in [-0.39, 0.29) is 23.7 Å². The summed E-state index contributed by atoms with van der Waals surface area (Å²) in [6.07, 6.45) is 2.14. The van der Waals surface area contributed by atoms with Gasteiger partial charge in [0.15, 0.2) is 23.1 Å². The summed E-state index contributed by atoms with van der Waals surface area (Å²) in [7, 11) is 0.00329. The van der Waals surface area contributed by atoms with Gasteiger partial charge in [-0.1, -0.05) is 30.3 Å². The molecule has 2 atom stereocenters. The van der Waals surface area contributed by atoms with E-state index in [1.54, 1.807) is 13.2 Å². The normalized spacial score (nSPS) is 20.5. The Labute approximate surface area is 180 Å². The third-order valence-electron chi connectivity index (χ3n) is 5.01. The van der Waals surface area contributed by atoms with Crippen molar-refractivity contribution in [1.29, 1.82) is 0 Å². The van der Waals surface area contributed by atoms with Gasteiger partial charge >= 0.3 is 0 Å². The van der Waals surface area contributed by atoms with Gasteiger partial charge in [0.25, 0.3) is 5.91 Å². The highest BCUT2D eigenvalue weighted by Crippen LogP contribution is 2.33. The first-order chi connectivity index (χ1) is 14.8. The number of anilines is 1. The molecule has 4 rings (SSSR count). The van der Waals surface area contributed by atoms with E-state index >= 15 is 0 Å². The number of hydrogen-bond acceptors (Lipinski definition) is 3. The fraction of sp³-hybridized carbons (Fsp3) is 0.227. The molecule has 1 aliphatic heterocycles. The van der Waals surface area contributed by atoms with Gasteiger partial charge in [-0.3, -0.25) is 4.79 Å². The molecular weight excluding hydrogens is 424 g/mol. The molecular formula is C22H21F2N3O3S. The molecule has 2 heterocycles. The second kappa shape index (κ2) is 8.24. The third-order valence-corrected chi connectivity index (χ3v) is 6.37. The number of ether oxygens (including phenoxy) is 1. The highest BCUT2D eigenvalue weighted by atomic mass is 32.2. The number of amides is 1. The quantitative estimate of drug-likeness (QED) is 0.645. The van der Waals surface area contributed by atoms with E-state index in [1.807, 2.05) is 37.3 Å². The van der Waals surface area contributed by atoms with Crippen molar-refractivity contribution in [3.8, 4) is 5.75 Å². The summed E-state index contributed by atoms with van der Waals surface area (Å²) in [5, 5.41) is 2.53. The molecule has 162 valence electrons. The van der Waals surface area contributed by atoms with Crippen molar-refractivity contribution in [3.63, 3.8) is 0 Å². The lowest BCUT2D eigenvalue weighted by molar-refractivity contribution is 0.101. The molecule has 0 saturated carbocycles. The molecule has 0 bridgehead atoms. The van der Waals surface area contributed by atoms with Gasteiger partial charge in [-0.2, -0.15) is 0 Å². The number of halogens is 2. The second-order valence-electron chi connectivity index (χ2n) is 7.75. The predicted molar refractivity (Wildman–Crippen MR) is 113 cm³/mol. The largest absolute Gasteiger partial charge is 0.488 e. The monoisotopic (exact) mass is 445 g/mol. The average Bonchev–Trinajstić information content (AvgIpc) is 3.01. The van der Waals surface area contributed by atoms with Crippen LogP contribution in [-0.2, 0) is 24.5 Å². The number of nitrogens with zero attached hydrogens (tertiary/aromatic N) is 1. The van der Waals surface area contributed by atoms with Gasteiger partial charge in [0.1, 0.15) is 22.5 Å². The van der Waals surface area contributed by atoms with Crippen molar-refractivity contribution >= 4 is 22.6 Å². The molecule has 3 aromatic rings. The molecule has 0 saturated heterocycles. The van der Waals surface area contributed by atoms with E-state index in [9.17, 15) is 17.8 Å². The zero-order chi connectivity index (χ0) is 22.2. The Kier molecular flexibility index (Phi) is 5.63. The number of benzene rings is 2. The molecule has 1 amide bonds. The molecule has 0 spiro atoms. The number of nitrogens with one attached hydrogen (secondary N) is 2. The first-order valence-electron chi connectivity index (χ1n) is 9.58. The van der Waals surface area contributed by atoms with Crippen molar-refractivity contribution < 1.29 is 22.5 Å². The molecule has 0 radical (unpaired) electrons. The van der Waals surface area contributed by atoms with Crippen molar-refractivity contribution in [3.05, 3.63) is 77.6 Å². The van der Waals surface area contributed by atoms with Crippen molar-refractivity contribution in [2.24, 2.45) is 7.05 Å². The highest BCUT2D eigenvalue weighted by Gasteiger charge is 2.36. The number of rotatable bonds is 4. The highest BCUT2D eigenvalue weighted by molar-refractivity contribution is 7.83. The summed E-state index contributed by atoms with van der Waals surface area (Å²) in [6, 6.07) is 12.8. The van der Waals surface area contributed by atoms with Crippen LogP contribution in [0.1, 0.15) is 23.0 Å². The molecule has 0 aliphatic carbocycles. The van der Waals surface area contributed by atoms with Crippen LogP contribution in [0, 0.1) is 11.6 Å². The topological polar surface area (TPSA) is 72.4 Å². The lowest BCUT2D eigenvalue weighted by Crippen LogP contribution is -2.48. The van der Waals surface area contributed by atoms with Crippen molar-refractivity contribution in [2.45, 2.75) is 23.8 Å². The molecule has 2 N–H and O–H groups in total. The fourth-order valence-electron chi connectivity index (χ4n) is 3.55. The standard InChI is InChI=1S/C22H21F2N3O3S/c1-22(11-14-6-4-3-5-7-14)13-30-20-18(31(29)26-22)12-27(2)19(20)21(28)25-15-8-9-16(23)17(24)10-15/h3-10,12,26H,11,13H2,1-2H3,(H,25,28).